The lowest BCUT2D eigenvalue weighted by Gasteiger charge is -2.27. The van der Waals surface area contributed by atoms with Crippen LogP contribution in [0.4, 0.5) is 5.69 Å². The maximum Gasteiger partial charge on any atom is 0.240 e. The van der Waals surface area contributed by atoms with Gasteiger partial charge in [-0.05, 0) is 31.5 Å². The molecule has 6 nitrogen and oxygen atoms in total. The third-order valence-electron chi connectivity index (χ3n) is 4.77. The van der Waals surface area contributed by atoms with E-state index >= 15 is 0 Å². The second-order valence-corrected chi connectivity index (χ2v) is 7.98. The lowest BCUT2D eigenvalue weighted by Crippen LogP contribution is -2.43. The third-order valence-corrected chi connectivity index (χ3v) is 5.80. The molecule has 148 valence electrons. The van der Waals surface area contributed by atoms with Crippen molar-refractivity contribution in [2.75, 3.05) is 17.2 Å². The van der Waals surface area contributed by atoms with Crippen LogP contribution in [0.5, 0.6) is 0 Å². The molecule has 29 heavy (non-hydrogen) atoms. The molecule has 0 atom stereocenters. The van der Waals surface area contributed by atoms with Gasteiger partial charge in [-0.1, -0.05) is 59.8 Å². The Morgan fingerprint density at radius 3 is 2.69 bits per heavy atom. The molecule has 1 aromatic heterocycles. The molecule has 1 aliphatic heterocycles. The van der Waals surface area contributed by atoms with E-state index in [1.165, 1.54) is 11.8 Å². The molecule has 0 saturated heterocycles. The number of amides is 2. The largest absolute Gasteiger partial charge is 0.350 e. The quantitative estimate of drug-likeness (QED) is 0.706. The van der Waals surface area contributed by atoms with Crippen molar-refractivity contribution in [3.05, 3.63) is 71.4 Å². The highest BCUT2D eigenvalue weighted by atomic mass is 32.2. The molecule has 0 bridgehead atoms. The van der Waals surface area contributed by atoms with Crippen molar-refractivity contribution in [1.29, 1.82) is 0 Å². The Kier molecular flexibility index (Phi) is 5.40. The van der Waals surface area contributed by atoms with E-state index in [-0.39, 0.29) is 24.1 Å². The number of rotatable bonds is 5. The highest BCUT2D eigenvalue weighted by molar-refractivity contribution is 8.00. The van der Waals surface area contributed by atoms with E-state index in [0.29, 0.717) is 6.54 Å². The number of aryl methyl sites for hydroxylation is 2. The van der Waals surface area contributed by atoms with Crippen LogP contribution in [0, 0.1) is 13.8 Å². The summed E-state index contributed by atoms with van der Waals surface area (Å²) in [7, 11) is 0. The van der Waals surface area contributed by atoms with Crippen LogP contribution in [0.15, 0.2) is 59.6 Å². The summed E-state index contributed by atoms with van der Waals surface area (Å²) in [6.07, 6.45) is 0. The SMILES string of the molecule is Cc1cccc(CNC(=O)CN2C(=O)CSc3c2c(C)nn3-c2ccccc2)c1. The van der Waals surface area contributed by atoms with Crippen molar-refractivity contribution in [3.8, 4) is 5.69 Å². The lowest BCUT2D eigenvalue weighted by molar-refractivity contribution is -0.123. The highest BCUT2D eigenvalue weighted by Gasteiger charge is 2.32. The maximum absolute atomic E-state index is 12.6. The lowest BCUT2D eigenvalue weighted by atomic mass is 10.1. The van der Waals surface area contributed by atoms with Crippen LogP contribution < -0.4 is 10.2 Å². The van der Waals surface area contributed by atoms with E-state index < -0.39 is 0 Å². The molecule has 3 aromatic rings. The van der Waals surface area contributed by atoms with Gasteiger partial charge in [-0.3, -0.25) is 14.5 Å². The number of carbonyl (C=O) groups excluding carboxylic acids is 2. The van der Waals surface area contributed by atoms with Crippen molar-refractivity contribution >= 4 is 29.3 Å². The maximum atomic E-state index is 12.6. The second-order valence-electron chi connectivity index (χ2n) is 7.02. The van der Waals surface area contributed by atoms with Crippen LogP contribution >= 0.6 is 11.8 Å². The zero-order chi connectivity index (χ0) is 20.4. The monoisotopic (exact) mass is 406 g/mol. The number of fused-ring (bicyclic) bond motifs is 1. The molecular weight excluding hydrogens is 384 g/mol. The smallest absolute Gasteiger partial charge is 0.240 e. The van der Waals surface area contributed by atoms with Crippen molar-refractivity contribution < 1.29 is 9.59 Å². The molecule has 4 rings (SSSR count). The number of aromatic nitrogens is 2. The Morgan fingerprint density at radius 2 is 1.93 bits per heavy atom. The van der Waals surface area contributed by atoms with Gasteiger partial charge in [-0.15, -0.1) is 0 Å². The number of para-hydroxylation sites is 1. The van der Waals surface area contributed by atoms with E-state index in [0.717, 1.165) is 33.2 Å². The summed E-state index contributed by atoms with van der Waals surface area (Å²) in [5, 5.41) is 8.43. The number of hydrogen-bond acceptors (Lipinski definition) is 4. The van der Waals surface area contributed by atoms with Gasteiger partial charge in [-0.25, -0.2) is 4.68 Å². The standard InChI is InChI=1S/C22H22N4O2S/c1-15-7-6-8-17(11-15)12-23-19(27)13-25-20(28)14-29-22-21(25)16(2)24-26(22)18-9-4-3-5-10-18/h3-11H,12-14H2,1-2H3,(H,23,27). The van der Waals surface area contributed by atoms with Gasteiger partial charge in [0.1, 0.15) is 11.6 Å². The van der Waals surface area contributed by atoms with Gasteiger partial charge in [0.25, 0.3) is 0 Å². The predicted molar refractivity (Wildman–Crippen MR) is 114 cm³/mol. The van der Waals surface area contributed by atoms with Crippen molar-refractivity contribution in [2.45, 2.75) is 25.4 Å². The first-order valence-electron chi connectivity index (χ1n) is 9.43. The molecule has 0 saturated carbocycles. The van der Waals surface area contributed by atoms with E-state index in [1.807, 2.05) is 73.1 Å². The summed E-state index contributed by atoms with van der Waals surface area (Å²) in [4.78, 5) is 26.7. The number of benzene rings is 2. The van der Waals surface area contributed by atoms with Gasteiger partial charge in [0.05, 0.1) is 22.8 Å². The first kappa shape index (κ1) is 19.3. The number of carbonyl (C=O) groups is 2. The summed E-state index contributed by atoms with van der Waals surface area (Å²) in [6.45, 7) is 4.31. The second kappa shape index (κ2) is 8.13. The molecule has 0 spiro atoms. The Labute approximate surface area is 173 Å². The molecule has 2 heterocycles. The number of nitrogens with one attached hydrogen (secondary N) is 1. The third kappa shape index (κ3) is 4.05. The molecule has 1 aliphatic rings. The molecule has 2 aromatic carbocycles. The van der Waals surface area contributed by atoms with E-state index in [9.17, 15) is 9.59 Å². The molecule has 1 N–H and O–H groups in total. The highest BCUT2D eigenvalue weighted by Crippen LogP contribution is 2.39. The molecule has 0 unspecified atom stereocenters. The van der Waals surface area contributed by atoms with E-state index in [4.69, 9.17) is 0 Å². The molecule has 7 heteroatoms. The fourth-order valence-corrected chi connectivity index (χ4v) is 4.48. The van der Waals surface area contributed by atoms with Crippen LogP contribution in [-0.4, -0.2) is 33.9 Å². The number of hydrogen-bond donors (Lipinski definition) is 1. The van der Waals surface area contributed by atoms with Crippen LogP contribution in [0.1, 0.15) is 16.8 Å². The van der Waals surface area contributed by atoms with Gasteiger partial charge in [-0.2, -0.15) is 5.10 Å². The minimum absolute atomic E-state index is 0.0144. The first-order valence-corrected chi connectivity index (χ1v) is 10.4. The topological polar surface area (TPSA) is 67.2 Å². The Hall–Kier alpha value is -3.06. The number of thioether (sulfide) groups is 1. The van der Waals surface area contributed by atoms with Gasteiger partial charge in [0, 0.05) is 6.54 Å². The molecular formula is C22H22N4O2S. The summed E-state index contributed by atoms with van der Waals surface area (Å²) < 4.78 is 1.85. The number of anilines is 1. The average molecular weight is 407 g/mol. The molecule has 0 radical (unpaired) electrons. The molecule has 2 amide bonds. The minimum Gasteiger partial charge on any atom is -0.350 e. The Morgan fingerprint density at radius 1 is 1.14 bits per heavy atom. The first-order chi connectivity index (χ1) is 14.0. The van der Waals surface area contributed by atoms with Crippen LogP contribution in [0.25, 0.3) is 5.69 Å². The van der Waals surface area contributed by atoms with Gasteiger partial charge < -0.3 is 5.32 Å². The normalized spacial score (nSPS) is 13.3. The minimum atomic E-state index is -0.190. The van der Waals surface area contributed by atoms with Gasteiger partial charge >= 0.3 is 0 Å². The average Bonchev–Trinajstić information content (AvgIpc) is 3.06. The number of nitrogens with zero attached hydrogens (tertiary/aromatic N) is 3. The van der Waals surface area contributed by atoms with E-state index in [2.05, 4.69) is 10.4 Å². The summed E-state index contributed by atoms with van der Waals surface area (Å²) in [5.41, 5.74) is 4.57. The fraction of sp³-hybridized carbons (Fsp3) is 0.227. The van der Waals surface area contributed by atoms with Crippen molar-refractivity contribution in [2.24, 2.45) is 0 Å². The van der Waals surface area contributed by atoms with Crippen LogP contribution in [0.2, 0.25) is 0 Å². The van der Waals surface area contributed by atoms with Crippen molar-refractivity contribution in [1.82, 2.24) is 15.1 Å². The summed E-state index contributed by atoms with van der Waals surface area (Å²) in [5.74, 6) is 0.0179. The fourth-order valence-electron chi connectivity index (χ4n) is 3.40. The Balaban J connectivity index is 1.54. The van der Waals surface area contributed by atoms with Gasteiger partial charge in [0.15, 0.2) is 0 Å². The summed E-state index contributed by atoms with van der Waals surface area (Å²) >= 11 is 1.46. The van der Waals surface area contributed by atoms with Crippen LogP contribution in [-0.2, 0) is 16.1 Å². The zero-order valence-electron chi connectivity index (χ0n) is 16.4. The zero-order valence-corrected chi connectivity index (χ0v) is 17.2. The van der Waals surface area contributed by atoms with E-state index in [1.54, 1.807) is 4.90 Å². The molecule has 0 fully saturated rings. The predicted octanol–water partition coefficient (Wildman–Crippen LogP) is 3.24. The van der Waals surface area contributed by atoms with Gasteiger partial charge in [0.2, 0.25) is 11.8 Å². The molecule has 0 aliphatic carbocycles. The summed E-state index contributed by atoms with van der Waals surface area (Å²) in [6, 6.07) is 17.8. The van der Waals surface area contributed by atoms with Crippen LogP contribution in [0.3, 0.4) is 0 Å². The Bertz CT molecular complexity index is 1060. The van der Waals surface area contributed by atoms with Crippen molar-refractivity contribution in [3.63, 3.8) is 0 Å².